The molecule has 0 radical (unpaired) electrons. The third-order valence-corrected chi connectivity index (χ3v) is 5.31. The zero-order valence-corrected chi connectivity index (χ0v) is 13.8. The van der Waals surface area contributed by atoms with Gasteiger partial charge in [0.15, 0.2) is 0 Å². The van der Waals surface area contributed by atoms with Crippen molar-refractivity contribution in [3.63, 3.8) is 0 Å². The molecule has 0 saturated carbocycles. The highest BCUT2D eigenvalue weighted by Gasteiger charge is 2.47. The molecular weight excluding hydrogens is 306 g/mol. The van der Waals surface area contributed by atoms with Gasteiger partial charge >= 0.3 is 0 Å². The highest BCUT2D eigenvalue weighted by Crippen LogP contribution is 2.42. The number of hydrogen-bond donors (Lipinski definition) is 2. The predicted molar refractivity (Wildman–Crippen MR) is 103 cm³/mol. The molecule has 1 saturated heterocycles. The predicted octanol–water partition coefficient (Wildman–Crippen LogP) is 4.20. The fourth-order valence-corrected chi connectivity index (χ4v) is 3.99. The Morgan fingerprint density at radius 2 is 1.12 bits per heavy atom. The molecule has 1 fully saturated rings. The molecule has 4 aromatic carbocycles. The van der Waals surface area contributed by atoms with E-state index < -0.39 is 5.60 Å². The van der Waals surface area contributed by atoms with Crippen molar-refractivity contribution < 1.29 is 5.11 Å². The molecule has 1 heterocycles. The standard InChI is InChI=1S/C23H19NO/c25-23(22-15-24-22,20-13-5-9-16-7-1-3-11-18(16)20)21-14-6-10-17-8-2-4-12-19(17)21/h1-14,22,24-25H,15H2/t22-/m0/s1. The van der Waals surface area contributed by atoms with Gasteiger partial charge in [0.1, 0.15) is 5.60 Å². The Labute approximate surface area is 146 Å². The van der Waals surface area contributed by atoms with E-state index in [2.05, 4.69) is 53.8 Å². The number of aliphatic hydroxyl groups is 1. The monoisotopic (exact) mass is 325 g/mol. The van der Waals surface area contributed by atoms with E-state index in [1.165, 1.54) is 0 Å². The van der Waals surface area contributed by atoms with Crippen LogP contribution in [0, 0.1) is 0 Å². The molecule has 1 aliphatic rings. The summed E-state index contributed by atoms with van der Waals surface area (Å²) < 4.78 is 0. The van der Waals surface area contributed by atoms with Crippen molar-refractivity contribution in [2.45, 2.75) is 11.6 Å². The molecule has 1 atom stereocenters. The quantitative estimate of drug-likeness (QED) is 0.554. The molecule has 5 rings (SSSR count). The zero-order chi connectivity index (χ0) is 16.9. The first kappa shape index (κ1) is 14.6. The van der Waals surface area contributed by atoms with Crippen LogP contribution in [0.2, 0.25) is 0 Å². The van der Waals surface area contributed by atoms with E-state index in [-0.39, 0.29) is 6.04 Å². The van der Waals surface area contributed by atoms with Crippen molar-refractivity contribution in [1.29, 1.82) is 0 Å². The second-order valence-electron chi connectivity index (χ2n) is 6.78. The SMILES string of the molecule is OC(c1cccc2ccccc12)(c1cccc2ccccc12)[C@@H]1CN1. The van der Waals surface area contributed by atoms with Gasteiger partial charge in [-0.1, -0.05) is 84.9 Å². The van der Waals surface area contributed by atoms with Crippen LogP contribution in [0.25, 0.3) is 21.5 Å². The molecule has 0 amide bonds. The highest BCUT2D eigenvalue weighted by molar-refractivity contribution is 5.91. The van der Waals surface area contributed by atoms with Crippen LogP contribution in [-0.2, 0) is 5.60 Å². The highest BCUT2D eigenvalue weighted by atomic mass is 16.3. The maximum absolute atomic E-state index is 12.0. The van der Waals surface area contributed by atoms with Gasteiger partial charge in [0.25, 0.3) is 0 Å². The zero-order valence-electron chi connectivity index (χ0n) is 13.8. The Morgan fingerprint density at radius 1 is 0.680 bits per heavy atom. The largest absolute Gasteiger partial charge is 0.379 e. The lowest BCUT2D eigenvalue weighted by Gasteiger charge is -2.31. The van der Waals surface area contributed by atoms with Crippen molar-refractivity contribution >= 4 is 21.5 Å². The topological polar surface area (TPSA) is 42.2 Å². The molecule has 2 nitrogen and oxygen atoms in total. The van der Waals surface area contributed by atoms with Crippen LogP contribution in [0.5, 0.6) is 0 Å². The van der Waals surface area contributed by atoms with E-state index in [0.717, 1.165) is 39.2 Å². The normalized spacial score (nSPS) is 17.1. The van der Waals surface area contributed by atoms with Gasteiger partial charge in [-0.25, -0.2) is 0 Å². The van der Waals surface area contributed by atoms with Gasteiger partial charge in [-0.05, 0) is 32.7 Å². The molecule has 2 N–H and O–H groups in total. The summed E-state index contributed by atoms with van der Waals surface area (Å²) in [4.78, 5) is 0. The van der Waals surface area contributed by atoms with Crippen LogP contribution in [0.15, 0.2) is 84.9 Å². The van der Waals surface area contributed by atoms with E-state index in [1.807, 2.05) is 36.4 Å². The fourth-order valence-electron chi connectivity index (χ4n) is 3.99. The molecule has 4 aromatic rings. The maximum Gasteiger partial charge on any atom is 0.132 e. The van der Waals surface area contributed by atoms with E-state index in [9.17, 15) is 5.11 Å². The average molecular weight is 325 g/mol. The lowest BCUT2D eigenvalue weighted by atomic mass is 9.79. The molecule has 25 heavy (non-hydrogen) atoms. The van der Waals surface area contributed by atoms with Crippen LogP contribution in [-0.4, -0.2) is 17.7 Å². The van der Waals surface area contributed by atoms with E-state index >= 15 is 0 Å². The van der Waals surface area contributed by atoms with Crippen LogP contribution < -0.4 is 5.32 Å². The summed E-state index contributed by atoms with van der Waals surface area (Å²) in [6, 6.07) is 29.0. The van der Waals surface area contributed by atoms with Crippen molar-refractivity contribution in [3.05, 3.63) is 96.1 Å². The lowest BCUT2D eigenvalue weighted by molar-refractivity contribution is 0.0824. The van der Waals surface area contributed by atoms with Crippen molar-refractivity contribution in [2.75, 3.05) is 6.54 Å². The molecule has 1 aliphatic heterocycles. The van der Waals surface area contributed by atoms with Crippen molar-refractivity contribution in [3.8, 4) is 0 Å². The minimum absolute atomic E-state index is 0.0316. The first-order valence-electron chi connectivity index (χ1n) is 8.71. The molecular formula is C23H19NO. The number of rotatable bonds is 3. The Morgan fingerprint density at radius 3 is 1.60 bits per heavy atom. The van der Waals surface area contributed by atoms with Crippen molar-refractivity contribution in [1.82, 2.24) is 5.32 Å². The Balaban J connectivity index is 1.85. The van der Waals surface area contributed by atoms with Crippen LogP contribution >= 0.6 is 0 Å². The average Bonchev–Trinajstić information content (AvgIpc) is 3.52. The third kappa shape index (κ3) is 2.19. The number of fused-ring (bicyclic) bond motifs is 2. The minimum atomic E-state index is -1.05. The second-order valence-corrected chi connectivity index (χ2v) is 6.78. The summed E-state index contributed by atoms with van der Waals surface area (Å²) in [5.74, 6) is 0. The van der Waals surface area contributed by atoms with Crippen LogP contribution in [0.4, 0.5) is 0 Å². The lowest BCUT2D eigenvalue weighted by Crippen LogP contribution is -2.35. The van der Waals surface area contributed by atoms with Crippen LogP contribution in [0.1, 0.15) is 11.1 Å². The van der Waals surface area contributed by atoms with E-state index in [4.69, 9.17) is 0 Å². The molecule has 2 heteroatoms. The molecule has 0 spiro atoms. The number of benzene rings is 4. The van der Waals surface area contributed by atoms with Crippen molar-refractivity contribution in [2.24, 2.45) is 0 Å². The summed E-state index contributed by atoms with van der Waals surface area (Å²) in [7, 11) is 0. The second kappa shape index (κ2) is 5.41. The Hall–Kier alpha value is -2.68. The van der Waals surface area contributed by atoms with Gasteiger partial charge in [0.2, 0.25) is 0 Å². The van der Waals surface area contributed by atoms with Gasteiger partial charge < -0.3 is 10.4 Å². The molecule has 0 bridgehead atoms. The summed E-state index contributed by atoms with van der Waals surface area (Å²) >= 11 is 0. The van der Waals surface area contributed by atoms with E-state index in [1.54, 1.807) is 0 Å². The molecule has 0 unspecified atom stereocenters. The van der Waals surface area contributed by atoms with Gasteiger partial charge in [0.05, 0.1) is 6.04 Å². The summed E-state index contributed by atoms with van der Waals surface area (Å²) in [6.45, 7) is 0.822. The molecule has 0 aliphatic carbocycles. The van der Waals surface area contributed by atoms with Crippen LogP contribution in [0.3, 0.4) is 0 Å². The Kier molecular flexibility index (Phi) is 3.17. The smallest absolute Gasteiger partial charge is 0.132 e. The Bertz CT molecular complexity index is 992. The van der Waals surface area contributed by atoms with E-state index in [0.29, 0.717) is 0 Å². The minimum Gasteiger partial charge on any atom is -0.379 e. The first-order chi connectivity index (χ1) is 12.3. The molecule has 122 valence electrons. The number of nitrogens with one attached hydrogen (secondary N) is 1. The summed E-state index contributed by atoms with van der Waals surface area (Å²) in [6.07, 6.45) is 0. The number of hydrogen-bond acceptors (Lipinski definition) is 2. The molecule has 0 aromatic heterocycles. The summed E-state index contributed by atoms with van der Waals surface area (Å²) in [5, 5.41) is 19.9. The fraction of sp³-hybridized carbons (Fsp3) is 0.130. The third-order valence-electron chi connectivity index (χ3n) is 5.31. The van der Waals surface area contributed by atoms with Gasteiger partial charge in [-0.3, -0.25) is 0 Å². The first-order valence-corrected chi connectivity index (χ1v) is 8.71. The maximum atomic E-state index is 12.0. The van der Waals surface area contributed by atoms with Gasteiger partial charge in [0, 0.05) is 6.54 Å². The van der Waals surface area contributed by atoms with Gasteiger partial charge in [-0.15, -0.1) is 0 Å². The van der Waals surface area contributed by atoms with Gasteiger partial charge in [-0.2, -0.15) is 0 Å². The summed E-state index contributed by atoms with van der Waals surface area (Å²) in [5.41, 5.74) is 0.885.